The monoisotopic (exact) mass is 289 g/mol. The molecule has 1 atom stereocenters. The second kappa shape index (κ2) is 7.06. The summed E-state index contributed by atoms with van der Waals surface area (Å²) in [6, 6.07) is 3.61. The Hall–Kier alpha value is -1.66. The number of hydrogen-bond acceptors (Lipinski definition) is 3. The van der Waals surface area contributed by atoms with Gasteiger partial charge in [-0.2, -0.15) is 0 Å². The molecular formula is C12H13ClFNO4. The van der Waals surface area contributed by atoms with Crippen LogP contribution in [0.4, 0.5) is 4.39 Å². The van der Waals surface area contributed by atoms with Gasteiger partial charge in [-0.15, -0.1) is 0 Å². The van der Waals surface area contributed by atoms with Crippen LogP contribution in [0.1, 0.15) is 16.8 Å². The molecule has 0 aliphatic rings. The lowest BCUT2D eigenvalue weighted by Crippen LogP contribution is -2.34. The molecule has 0 heterocycles. The van der Waals surface area contributed by atoms with E-state index >= 15 is 0 Å². The first-order chi connectivity index (χ1) is 8.93. The van der Waals surface area contributed by atoms with Crippen LogP contribution in [0.2, 0.25) is 5.02 Å². The molecule has 0 saturated carbocycles. The topological polar surface area (TPSA) is 75.6 Å². The van der Waals surface area contributed by atoms with Gasteiger partial charge in [-0.3, -0.25) is 9.59 Å². The lowest BCUT2D eigenvalue weighted by Gasteiger charge is -2.14. The molecule has 0 fully saturated rings. The van der Waals surface area contributed by atoms with E-state index in [0.29, 0.717) is 0 Å². The summed E-state index contributed by atoms with van der Waals surface area (Å²) < 4.78 is 18.3. The van der Waals surface area contributed by atoms with Crippen LogP contribution < -0.4 is 5.32 Å². The number of carboxylic acid groups (broad SMARTS) is 1. The summed E-state index contributed by atoms with van der Waals surface area (Å²) in [6.45, 7) is -0.0341. The fourth-order valence-corrected chi connectivity index (χ4v) is 1.58. The molecule has 7 heteroatoms. The van der Waals surface area contributed by atoms with Crippen molar-refractivity contribution in [2.45, 2.75) is 12.5 Å². The Morgan fingerprint density at radius 2 is 2.21 bits per heavy atom. The minimum absolute atomic E-state index is 0.0341. The first kappa shape index (κ1) is 15.4. The molecule has 0 aromatic heterocycles. The third-order valence-electron chi connectivity index (χ3n) is 2.40. The van der Waals surface area contributed by atoms with Crippen molar-refractivity contribution < 1.29 is 23.8 Å². The van der Waals surface area contributed by atoms with Crippen molar-refractivity contribution in [3.05, 3.63) is 34.6 Å². The van der Waals surface area contributed by atoms with Gasteiger partial charge in [-0.1, -0.05) is 11.6 Å². The van der Waals surface area contributed by atoms with E-state index in [1.54, 1.807) is 0 Å². The second-order valence-electron chi connectivity index (χ2n) is 3.79. The number of carbonyl (C=O) groups excluding carboxylic acids is 1. The maximum Gasteiger partial charge on any atom is 0.306 e. The summed E-state index contributed by atoms with van der Waals surface area (Å²) in [6.07, 6.45) is -0.932. The van der Waals surface area contributed by atoms with E-state index in [1.807, 2.05) is 0 Å². The summed E-state index contributed by atoms with van der Waals surface area (Å²) in [5.74, 6) is -2.42. The number of amides is 1. The molecule has 0 aliphatic carbocycles. The van der Waals surface area contributed by atoms with Gasteiger partial charge in [-0.25, -0.2) is 4.39 Å². The quantitative estimate of drug-likeness (QED) is 0.836. The Balaban J connectivity index is 2.64. The van der Waals surface area contributed by atoms with Crippen LogP contribution in [0.5, 0.6) is 0 Å². The van der Waals surface area contributed by atoms with E-state index in [9.17, 15) is 14.0 Å². The highest BCUT2D eigenvalue weighted by Crippen LogP contribution is 2.14. The van der Waals surface area contributed by atoms with E-state index in [4.69, 9.17) is 21.4 Å². The van der Waals surface area contributed by atoms with Crippen LogP contribution in [0, 0.1) is 5.82 Å². The molecule has 0 spiro atoms. The first-order valence-electron chi connectivity index (χ1n) is 5.42. The van der Waals surface area contributed by atoms with Crippen LogP contribution in [0.3, 0.4) is 0 Å². The summed E-state index contributed by atoms with van der Waals surface area (Å²) in [5, 5.41) is 11.2. The van der Waals surface area contributed by atoms with E-state index in [1.165, 1.54) is 19.2 Å². The number of methoxy groups -OCH3 is 1. The first-order valence-corrected chi connectivity index (χ1v) is 5.79. The molecule has 104 valence electrons. The summed E-state index contributed by atoms with van der Waals surface area (Å²) in [4.78, 5) is 22.2. The molecule has 1 rings (SSSR count). The van der Waals surface area contributed by atoms with E-state index < -0.39 is 23.8 Å². The van der Waals surface area contributed by atoms with Crippen molar-refractivity contribution >= 4 is 23.5 Å². The Bertz CT molecular complexity index is 481. The number of ether oxygens (including phenoxy) is 1. The summed E-state index contributed by atoms with van der Waals surface area (Å²) >= 11 is 5.67. The standard InChI is InChI=1S/C12H13ClFNO4/c1-19-8(5-11(16)17)6-15-12(18)9-4-7(13)2-3-10(9)14/h2-4,8H,5-6H2,1H3,(H,15,18)(H,16,17). The van der Waals surface area contributed by atoms with Gasteiger partial charge in [-0.05, 0) is 18.2 Å². The van der Waals surface area contributed by atoms with Gasteiger partial charge in [0.25, 0.3) is 5.91 Å². The highest BCUT2D eigenvalue weighted by molar-refractivity contribution is 6.30. The predicted octanol–water partition coefficient (Wildman–Crippen LogP) is 1.70. The number of carboxylic acids is 1. The van der Waals surface area contributed by atoms with Crippen molar-refractivity contribution in [1.29, 1.82) is 0 Å². The Kier molecular flexibility index (Phi) is 5.72. The normalized spacial score (nSPS) is 11.9. The minimum atomic E-state index is -1.05. The Labute approximate surface area is 114 Å². The minimum Gasteiger partial charge on any atom is -0.481 e. The fourth-order valence-electron chi connectivity index (χ4n) is 1.41. The van der Waals surface area contributed by atoms with Gasteiger partial charge in [0.1, 0.15) is 5.82 Å². The molecule has 0 bridgehead atoms. The smallest absolute Gasteiger partial charge is 0.306 e. The average Bonchev–Trinajstić information content (AvgIpc) is 2.36. The number of nitrogens with one attached hydrogen (secondary N) is 1. The maximum absolute atomic E-state index is 13.4. The predicted molar refractivity (Wildman–Crippen MR) is 66.8 cm³/mol. The highest BCUT2D eigenvalue weighted by atomic mass is 35.5. The molecule has 1 amide bonds. The summed E-state index contributed by atoms with van der Waals surface area (Å²) in [5.41, 5.74) is -0.197. The van der Waals surface area contributed by atoms with Crippen molar-refractivity contribution in [1.82, 2.24) is 5.32 Å². The third kappa shape index (κ3) is 4.84. The SMILES string of the molecule is COC(CNC(=O)c1cc(Cl)ccc1F)CC(=O)O. The van der Waals surface area contributed by atoms with Gasteiger partial charge in [0, 0.05) is 18.7 Å². The van der Waals surface area contributed by atoms with E-state index in [-0.39, 0.29) is 23.6 Å². The van der Waals surface area contributed by atoms with Gasteiger partial charge in [0.15, 0.2) is 0 Å². The van der Waals surface area contributed by atoms with E-state index in [2.05, 4.69) is 5.32 Å². The summed E-state index contributed by atoms with van der Waals surface area (Å²) in [7, 11) is 1.33. The van der Waals surface area contributed by atoms with Crippen molar-refractivity contribution in [3.8, 4) is 0 Å². The number of rotatable bonds is 6. The molecule has 0 radical (unpaired) electrons. The molecule has 1 aromatic rings. The van der Waals surface area contributed by atoms with Crippen LogP contribution >= 0.6 is 11.6 Å². The number of carbonyl (C=O) groups is 2. The lowest BCUT2D eigenvalue weighted by atomic mass is 10.2. The zero-order valence-corrected chi connectivity index (χ0v) is 10.9. The van der Waals surface area contributed by atoms with E-state index in [0.717, 1.165) is 6.07 Å². The van der Waals surface area contributed by atoms with Crippen molar-refractivity contribution in [3.63, 3.8) is 0 Å². The fraction of sp³-hybridized carbons (Fsp3) is 0.333. The number of hydrogen-bond donors (Lipinski definition) is 2. The van der Waals surface area contributed by atoms with Gasteiger partial charge >= 0.3 is 5.97 Å². The number of halogens is 2. The average molecular weight is 290 g/mol. The lowest BCUT2D eigenvalue weighted by molar-refractivity contribution is -0.139. The maximum atomic E-state index is 13.4. The molecule has 0 saturated heterocycles. The molecule has 5 nitrogen and oxygen atoms in total. The molecular weight excluding hydrogens is 277 g/mol. The molecule has 1 aromatic carbocycles. The third-order valence-corrected chi connectivity index (χ3v) is 2.63. The number of benzene rings is 1. The van der Waals surface area contributed by atoms with Crippen molar-refractivity contribution in [2.24, 2.45) is 0 Å². The van der Waals surface area contributed by atoms with Crippen LogP contribution in [-0.4, -0.2) is 36.7 Å². The van der Waals surface area contributed by atoms with Gasteiger partial charge < -0.3 is 15.2 Å². The Morgan fingerprint density at radius 3 is 2.79 bits per heavy atom. The second-order valence-corrected chi connectivity index (χ2v) is 4.23. The zero-order valence-electron chi connectivity index (χ0n) is 10.2. The van der Waals surface area contributed by atoms with Crippen LogP contribution in [0.25, 0.3) is 0 Å². The van der Waals surface area contributed by atoms with Crippen LogP contribution in [-0.2, 0) is 9.53 Å². The zero-order chi connectivity index (χ0) is 14.4. The molecule has 19 heavy (non-hydrogen) atoms. The largest absolute Gasteiger partial charge is 0.481 e. The number of aliphatic carboxylic acids is 1. The van der Waals surface area contributed by atoms with Crippen LogP contribution in [0.15, 0.2) is 18.2 Å². The molecule has 1 unspecified atom stereocenters. The van der Waals surface area contributed by atoms with Gasteiger partial charge in [0.05, 0.1) is 18.1 Å². The Morgan fingerprint density at radius 1 is 1.53 bits per heavy atom. The van der Waals surface area contributed by atoms with Crippen molar-refractivity contribution in [2.75, 3.05) is 13.7 Å². The highest BCUT2D eigenvalue weighted by Gasteiger charge is 2.16. The molecule has 2 N–H and O–H groups in total. The van der Waals surface area contributed by atoms with Gasteiger partial charge in [0.2, 0.25) is 0 Å². The molecule has 0 aliphatic heterocycles.